The minimum absolute atomic E-state index is 0.0256. The van der Waals surface area contributed by atoms with Crippen LogP contribution in [-0.2, 0) is 49.4 Å². The Morgan fingerprint density at radius 2 is 0.957 bits per heavy atom. The molecule has 0 bridgehead atoms. The Balaban J connectivity index is 4.10. The summed E-state index contributed by atoms with van der Waals surface area (Å²) in [4.78, 5) is -2.20. The van der Waals surface area contributed by atoms with Gasteiger partial charge in [0, 0.05) is 0 Å². The number of rotatable bonds is 18. The largest absolute Gasteiger partial charge is 0.460 e. The molecule has 1 aromatic rings. The zero-order valence-corrected chi connectivity index (χ0v) is 26.6. The third-order valence-electron chi connectivity index (χ3n) is 5.71. The van der Waals surface area contributed by atoms with Gasteiger partial charge in [-0.3, -0.25) is 9.13 Å². The highest BCUT2D eigenvalue weighted by Crippen LogP contribution is 2.62. The van der Waals surface area contributed by atoms with Crippen molar-refractivity contribution < 1.29 is 92.7 Å². The zero-order valence-electron chi connectivity index (χ0n) is 24.0. The second kappa shape index (κ2) is 14.2. The van der Waals surface area contributed by atoms with Crippen molar-refractivity contribution in [1.29, 1.82) is 0 Å². The number of hydrogen-bond acceptors (Lipinski definition) is 8. The van der Waals surface area contributed by atoms with Gasteiger partial charge in [-0.15, -0.1) is 0 Å². The van der Waals surface area contributed by atoms with Crippen LogP contribution in [0.2, 0.25) is 0 Å². The molecule has 0 aromatic heterocycles. The van der Waals surface area contributed by atoms with E-state index in [4.69, 9.17) is 18.1 Å². The fourth-order valence-corrected chi connectivity index (χ4v) is 8.68. The van der Waals surface area contributed by atoms with E-state index in [1.54, 1.807) is 0 Å². The van der Waals surface area contributed by atoms with Crippen molar-refractivity contribution in [2.24, 2.45) is 0 Å². The standard InChI is InChI=1S/C22H27F13O8P2S/c1-5-40-44(36,41-6-2)12-14-9-10-15(13-45(37,42-7-3)43-8-4)16(11-14)46(38,39)22(34,35)20(29,30)18(25,26)17(23,24)19(27,28)21(31,32)33/h9-11H,5-8,12-13H2,1-4H3. The van der Waals surface area contributed by atoms with Crippen LogP contribution in [0.1, 0.15) is 38.8 Å². The van der Waals surface area contributed by atoms with Gasteiger partial charge in [-0.1, -0.05) is 12.1 Å². The summed E-state index contributed by atoms with van der Waals surface area (Å²) in [6.07, 6.45) is -10.1. The second-order valence-corrected chi connectivity index (χ2v) is 15.0. The van der Waals surface area contributed by atoms with Crippen LogP contribution in [0.5, 0.6) is 0 Å². The molecule has 0 atom stereocenters. The maximum atomic E-state index is 15.1. The van der Waals surface area contributed by atoms with Gasteiger partial charge in [0.15, 0.2) is 0 Å². The lowest BCUT2D eigenvalue weighted by atomic mass is 9.98. The SMILES string of the molecule is CCOP(=O)(Cc1ccc(CP(=O)(OCC)OCC)c(S(=O)(=O)C(F)(F)C(F)(F)C(F)(F)C(F)(F)C(F)(F)C(F)(F)F)c1)OCC. The number of hydrogen-bond donors (Lipinski definition) is 0. The monoisotopic (exact) mass is 760 g/mol. The van der Waals surface area contributed by atoms with E-state index in [2.05, 4.69) is 0 Å². The summed E-state index contributed by atoms with van der Waals surface area (Å²) in [5.41, 5.74) is -1.95. The molecule has 0 amide bonds. The van der Waals surface area contributed by atoms with Crippen molar-refractivity contribution in [3.8, 4) is 0 Å². The highest BCUT2D eigenvalue weighted by atomic mass is 32.2. The van der Waals surface area contributed by atoms with Crippen LogP contribution in [0.25, 0.3) is 0 Å². The van der Waals surface area contributed by atoms with Gasteiger partial charge in [-0.25, -0.2) is 8.42 Å². The first kappa shape index (κ1) is 42.6. The third-order valence-corrected chi connectivity index (χ3v) is 11.7. The molecule has 0 saturated heterocycles. The predicted molar refractivity (Wildman–Crippen MR) is 134 cm³/mol. The molecule has 8 nitrogen and oxygen atoms in total. The Labute approximate surface area is 253 Å². The van der Waals surface area contributed by atoms with E-state index >= 15 is 8.78 Å². The number of halogens is 13. The van der Waals surface area contributed by atoms with Gasteiger partial charge < -0.3 is 18.1 Å². The lowest BCUT2D eigenvalue weighted by Crippen LogP contribution is -2.71. The summed E-state index contributed by atoms with van der Waals surface area (Å²) in [6, 6.07) is 1.19. The Kier molecular flexibility index (Phi) is 13.1. The lowest BCUT2D eigenvalue weighted by Gasteiger charge is -2.39. The Hall–Kier alpha value is -1.44. The van der Waals surface area contributed by atoms with Crippen LogP contribution in [0.15, 0.2) is 23.1 Å². The van der Waals surface area contributed by atoms with E-state index in [0.29, 0.717) is 6.07 Å². The van der Waals surface area contributed by atoms with Gasteiger partial charge in [-0.2, -0.15) is 57.1 Å². The summed E-state index contributed by atoms with van der Waals surface area (Å²) in [5, 5.41) is -7.59. The van der Waals surface area contributed by atoms with Crippen LogP contribution < -0.4 is 0 Å². The molecule has 0 aliphatic heterocycles. The Bertz CT molecular complexity index is 1400. The van der Waals surface area contributed by atoms with Gasteiger partial charge in [0.05, 0.1) is 43.6 Å². The molecule has 24 heteroatoms. The topological polar surface area (TPSA) is 105 Å². The number of benzene rings is 1. The first-order valence-corrected chi connectivity index (χ1v) is 17.5. The summed E-state index contributed by atoms with van der Waals surface area (Å²) in [7, 11) is -16.5. The van der Waals surface area contributed by atoms with E-state index < -0.39 is 102 Å². The molecular formula is C22H27F13O8P2S. The summed E-state index contributed by atoms with van der Waals surface area (Å²) >= 11 is 0. The van der Waals surface area contributed by atoms with Gasteiger partial charge in [0.25, 0.3) is 0 Å². The Morgan fingerprint density at radius 1 is 0.587 bits per heavy atom. The maximum Gasteiger partial charge on any atom is 0.460 e. The number of alkyl halides is 13. The molecule has 1 aromatic carbocycles. The number of sulfone groups is 1. The molecule has 0 fully saturated rings. The quantitative estimate of drug-likeness (QED) is 0.108. The molecule has 0 N–H and O–H groups in total. The fourth-order valence-electron chi connectivity index (χ4n) is 3.62. The van der Waals surface area contributed by atoms with E-state index in [1.165, 1.54) is 27.7 Å². The van der Waals surface area contributed by atoms with Gasteiger partial charge >= 0.3 is 50.3 Å². The first-order valence-electron chi connectivity index (χ1n) is 12.6. The van der Waals surface area contributed by atoms with Crippen molar-refractivity contribution >= 4 is 25.0 Å². The molecule has 46 heavy (non-hydrogen) atoms. The molecule has 0 heterocycles. The molecule has 0 radical (unpaired) electrons. The zero-order chi connectivity index (χ0) is 36.4. The van der Waals surface area contributed by atoms with Crippen LogP contribution in [-0.4, -0.2) is 70.0 Å². The third kappa shape index (κ3) is 7.72. The van der Waals surface area contributed by atoms with Crippen molar-refractivity contribution in [2.75, 3.05) is 26.4 Å². The fraction of sp³-hybridized carbons (Fsp3) is 0.727. The van der Waals surface area contributed by atoms with E-state index in [9.17, 15) is 65.8 Å². The second-order valence-electron chi connectivity index (χ2n) is 8.97. The minimum Gasteiger partial charge on any atom is -0.309 e. The van der Waals surface area contributed by atoms with Gasteiger partial charge in [0.1, 0.15) is 0 Å². The van der Waals surface area contributed by atoms with Gasteiger partial charge in [-0.05, 0) is 44.9 Å². The van der Waals surface area contributed by atoms with E-state index in [1.807, 2.05) is 0 Å². The summed E-state index contributed by atoms with van der Waals surface area (Å²) in [6.45, 7) is 3.41. The van der Waals surface area contributed by atoms with Crippen molar-refractivity contribution in [3.63, 3.8) is 0 Å². The van der Waals surface area contributed by atoms with Crippen LogP contribution in [0.4, 0.5) is 57.1 Å². The molecule has 0 spiro atoms. The van der Waals surface area contributed by atoms with Gasteiger partial charge in [0.2, 0.25) is 9.84 Å². The highest BCUT2D eigenvalue weighted by molar-refractivity contribution is 7.92. The molecular weight excluding hydrogens is 733 g/mol. The van der Waals surface area contributed by atoms with Crippen molar-refractivity contribution in [1.82, 2.24) is 0 Å². The molecule has 0 aliphatic carbocycles. The minimum atomic E-state index is -8.40. The molecule has 0 aliphatic rings. The molecule has 0 unspecified atom stereocenters. The Morgan fingerprint density at radius 3 is 1.33 bits per heavy atom. The van der Waals surface area contributed by atoms with Crippen LogP contribution in [0, 0.1) is 0 Å². The van der Waals surface area contributed by atoms with Crippen LogP contribution >= 0.6 is 15.2 Å². The molecule has 1 rings (SSSR count). The highest BCUT2D eigenvalue weighted by Gasteiger charge is 2.92. The van der Waals surface area contributed by atoms with E-state index in [-0.39, 0.29) is 19.3 Å². The maximum absolute atomic E-state index is 15.1. The van der Waals surface area contributed by atoms with Crippen LogP contribution in [0.3, 0.4) is 0 Å². The normalized spacial score (nSPS) is 15.0. The average Bonchev–Trinajstić information content (AvgIpc) is 2.88. The first-order chi connectivity index (χ1) is 20.5. The van der Waals surface area contributed by atoms with Crippen molar-refractivity contribution in [3.05, 3.63) is 29.3 Å². The average molecular weight is 760 g/mol. The van der Waals surface area contributed by atoms with E-state index in [0.717, 1.165) is 6.07 Å². The molecule has 0 saturated carbocycles. The lowest BCUT2D eigenvalue weighted by molar-refractivity contribution is -0.433. The van der Waals surface area contributed by atoms with Crippen molar-refractivity contribution in [2.45, 2.75) is 80.0 Å². The molecule has 270 valence electrons. The summed E-state index contributed by atoms with van der Waals surface area (Å²) in [5.74, 6) is -33.0. The smallest absolute Gasteiger partial charge is 0.309 e. The predicted octanol–water partition coefficient (Wildman–Crippen LogP) is 8.69. The summed E-state index contributed by atoms with van der Waals surface area (Å²) < 4.78 is 251.